The molecule has 2 aromatic rings. The lowest BCUT2D eigenvalue weighted by atomic mass is 9.90. The predicted octanol–water partition coefficient (Wildman–Crippen LogP) is 4.52. The minimum absolute atomic E-state index is 1.20. The van der Waals surface area contributed by atoms with Gasteiger partial charge in [-0.15, -0.1) is 0 Å². The summed E-state index contributed by atoms with van der Waals surface area (Å²) in [5.41, 5.74) is 7.49. The molecule has 1 aromatic carbocycles. The molecular weight excluding hydrogens is 230 g/mol. The summed E-state index contributed by atoms with van der Waals surface area (Å²) in [5.74, 6) is 0. The van der Waals surface area contributed by atoms with Crippen LogP contribution in [-0.4, -0.2) is 4.57 Å². The summed E-state index contributed by atoms with van der Waals surface area (Å²) in [6, 6.07) is 11.3. The molecule has 0 atom stereocenters. The molecule has 1 heterocycles. The lowest BCUT2D eigenvalue weighted by molar-refractivity contribution is 0.687. The maximum absolute atomic E-state index is 2.45. The lowest BCUT2D eigenvalue weighted by Gasteiger charge is -2.18. The SMILES string of the molecule is CCCCCc1cc2c(n1C)-c1ccccc1CC2. The van der Waals surface area contributed by atoms with E-state index < -0.39 is 0 Å². The predicted molar refractivity (Wildman–Crippen MR) is 81.5 cm³/mol. The monoisotopic (exact) mass is 253 g/mol. The quantitative estimate of drug-likeness (QED) is 0.706. The highest BCUT2D eigenvalue weighted by Crippen LogP contribution is 2.35. The number of aromatic nitrogens is 1. The zero-order chi connectivity index (χ0) is 13.2. The fourth-order valence-electron chi connectivity index (χ4n) is 3.30. The van der Waals surface area contributed by atoms with Gasteiger partial charge in [0.05, 0.1) is 5.69 Å². The van der Waals surface area contributed by atoms with Crippen LogP contribution in [0.2, 0.25) is 0 Å². The Labute approximate surface area is 116 Å². The van der Waals surface area contributed by atoms with Gasteiger partial charge in [-0.05, 0) is 42.9 Å². The molecular formula is C18H23N. The van der Waals surface area contributed by atoms with E-state index in [4.69, 9.17) is 0 Å². The molecule has 0 bridgehead atoms. The van der Waals surface area contributed by atoms with Gasteiger partial charge in [0.1, 0.15) is 0 Å². The van der Waals surface area contributed by atoms with Gasteiger partial charge >= 0.3 is 0 Å². The Balaban J connectivity index is 1.96. The third-order valence-electron chi connectivity index (χ3n) is 4.38. The van der Waals surface area contributed by atoms with Crippen molar-refractivity contribution < 1.29 is 0 Å². The molecule has 0 saturated heterocycles. The Morgan fingerprint density at radius 2 is 1.84 bits per heavy atom. The average molecular weight is 253 g/mol. The first-order valence-electron chi connectivity index (χ1n) is 7.57. The third kappa shape index (κ3) is 2.22. The van der Waals surface area contributed by atoms with E-state index >= 15 is 0 Å². The first-order chi connectivity index (χ1) is 9.31. The number of aryl methyl sites for hydroxylation is 3. The zero-order valence-electron chi connectivity index (χ0n) is 12.1. The third-order valence-corrected chi connectivity index (χ3v) is 4.38. The molecule has 1 nitrogen and oxygen atoms in total. The zero-order valence-corrected chi connectivity index (χ0v) is 12.1. The molecule has 0 saturated carbocycles. The Bertz CT molecular complexity index is 577. The number of hydrogen-bond donors (Lipinski definition) is 0. The molecule has 100 valence electrons. The molecule has 19 heavy (non-hydrogen) atoms. The standard InChI is InChI=1S/C18H23N/c1-3-4-5-9-16-13-15-12-11-14-8-6-7-10-17(14)18(15)19(16)2/h6-8,10,13H,3-5,9,11-12H2,1-2H3. The Kier molecular flexibility index (Phi) is 3.46. The normalized spacial score (nSPS) is 13.2. The summed E-state index contributed by atoms with van der Waals surface area (Å²) >= 11 is 0. The molecule has 1 aliphatic carbocycles. The van der Waals surface area contributed by atoms with Crippen LogP contribution in [0.15, 0.2) is 30.3 Å². The van der Waals surface area contributed by atoms with Gasteiger partial charge in [0.25, 0.3) is 0 Å². The number of nitrogens with zero attached hydrogens (tertiary/aromatic N) is 1. The van der Waals surface area contributed by atoms with Crippen molar-refractivity contribution in [2.45, 2.75) is 45.4 Å². The molecule has 0 amide bonds. The van der Waals surface area contributed by atoms with E-state index in [-0.39, 0.29) is 0 Å². The van der Waals surface area contributed by atoms with Gasteiger partial charge in [-0.2, -0.15) is 0 Å². The van der Waals surface area contributed by atoms with Gasteiger partial charge in [0.2, 0.25) is 0 Å². The van der Waals surface area contributed by atoms with Crippen LogP contribution in [0.3, 0.4) is 0 Å². The highest BCUT2D eigenvalue weighted by molar-refractivity contribution is 5.71. The molecule has 3 rings (SSSR count). The number of rotatable bonds is 4. The maximum Gasteiger partial charge on any atom is 0.0515 e. The second-order valence-corrected chi connectivity index (χ2v) is 5.68. The van der Waals surface area contributed by atoms with Crippen molar-refractivity contribution in [3.8, 4) is 11.3 Å². The van der Waals surface area contributed by atoms with Crippen molar-refractivity contribution in [1.29, 1.82) is 0 Å². The molecule has 0 unspecified atom stereocenters. The molecule has 0 fully saturated rings. The van der Waals surface area contributed by atoms with E-state index in [1.165, 1.54) is 61.0 Å². The van der Waals surface area contributed by atoms with Crippen LogP contribution >= 0.6 is 0 Å². The molecule has 0 N–H and O–H groups in total. The van der Waals surface area contributed by atoms with Gasteiger partial charge in [0, 0.05) is 18.3 Å². The van der Waals surface area contributed by atoms with Gasteiger partial charge in [-0.1, -0.05) is 44.0 Å². The second kappa shape index (κ2) is 5.24. The van der Waals surface area contributed by atoms with Crippen LogP contribution in [0.4, 0.5) is 0 Å². The van der Waals surface area contributed by atoms with Crippen LogP contribution in [0.5, 0.6) is 0 Å². The summed E-state index contributed by atoms with van der Waals surface area (Å²) < 4.78 is 2.43. The van der Waals surface area contributed by atoms with Crippen molar-refractivity contribution in [1.82, 2.24) is 4.57 Å². The topological polar surface area (TPSA) is 4.93 Å². The molecule has 0 radical (unpaired) electrons. The minimum atomic E-state index is 1.20. The molecule has 1 aromatic heterocycles. The Morgan fingerprint density at radius 3 is 2.68 bits per heavy atom. The second-order valence-electron chi connectivity index (χ2n) is 5.68. The van der Waals surface area contributed by atoms with Crippen molar-refractivity contribution in [2.24, 2.45) is 7.05 Å². The van der Waals surface area contributed by atoms with Crippen molar-refractivity contribution in [3.05, 3.63) is 47.2 Å². The van der Waals surface area contributed by atoms with Crippen LogP contribution in [-0.2, 0) is 26.3 Å². The van der Waals surface area contributed by atoms with Crippen LogP contribution in [0.25, 0.3) is 11.3 Å². The van der Waals surface area contributed by atoms with E-state index in [2.05, 4.69) is 48.9 Å². The first kappa shape index (κ1) is 12.5. The van der Waals surface area contributed by atoms with Gasteiger partial charge in [-0.3, -0.25) is 0 Å². The van der Waals surface area contributed by atoms with Crippen molar-refractivity contribution in [2.75, 3.05) is 0 Å². The van der Waals surface area contributed by atoms with Gasteiger partial charge < -0.3 is 4.57 Å². The number of benzene rings is 1. The number of fused-ring (bicyclic) bond motifs is 3. The summed E-state index contributed by atoms with van der Waals surface area (Å²) in [5, 5.41) is 0. The molecule has 1 aliphatic rings. The molecule has 1 heteroatoms. The fourth-order valence-corrected chi connectivity index (χ4v) is 3.30. The van der Waals surface area contributed by atoms with E-state index in [9.17, 15) is 0 Å². The van der Waals surface area contributed by atoms with E-state index in [1.54, 1.807) is 5.56 Å². The van der Waals surface area contributed by atoms with Gasteiger partial charge in [-0.25, -0.2) is 0 Å². The largest absolute Gasteiger partial charge is 0.347 e. The number of unbranched alkanes of at least 4 members (excludes halogenated alkanes) is 2. The summed E-state index contributed by atoms with van der Waals surface area (Å²) in [6.45, 7) is 2.27. The fraction of sp³-hybridized carbons (Fsp3) is 0.444. The van der Waals surface area contributed by atoms with E-state index in [0.717, 1.165) is 0 Å². The highest BCUT2D eigenvalue weighted by Gasteiger charge is 2.20. The maximum atomic E-state index is 2.45. The van der Waals surface area contributed by atoms with Crippen LogP contribution < -0.4 is 0 Å². The Morgan fingerprint density at radius 1 is 1.05 bits per heavy atom. The van der Waals surface area contributed by atoms with E-state index in [1.807, 2.05) is 0 Å². The van der Waals surface area contributed by atoms with Gasteiger partial charge in [0.15, 0.2) is 0 Å². The summed E-state index contributed by atoms with van der Waals surface area (Å²) in [7, 11) is 2.24. The summed E-state index contributed by atoms with van der Waals surface area (Å²) in [4.78, 5) is 0. The highest BCUT2D eigenvalue weighted by atomic mass is 15.0. The first-order valence-corrected chi connectivity index (χ1v) is 7.57. The average Bonchev–Trinajstić information content (AvgIpc) is 2.76. The van der Waals surface area contributed by atoms with Crippen molar-refractivity contribution in [3.63, 3.8) is 0 Å². The van der Waals surface area contributed by atoms with E-state index in [0.29, 0.717) is 0 Å². The van der Waals surface area contributed by atoms with Crippen molar-refractivity contribution >= 4 is 0 Å². The summed E-state index contributed by atoms with van der Waals surface area (Å²) in [6.07, 6.45) is 7.57. The van der Waals surface area contributed by atoms with Crippen LogP contribution in [0, 0.1) is 0 Å². The van der Waals surface area contributed by atoms with Crippen LogP contribution in [0.1, 0.15) is 43.0 Å². The molecule has 0 spiro atoms. The molecule has 0 aliphatic heterocycles. The smallest absolute Gasteiger partial charge is 0.0515 e. The lowest BCUT2D eigenvalue weighted by Crippen LogP contribution is -2.06. The number of hydrogen-bond acceptors (Lipinski definition) is 0. The minimum Gasteiger partial charge on any atom is -0.347 e. The Hall–Kier alpha value is -1.50.